The van der Waals surface area contributed by atoms with E-state index < -0.39 is 5.60 Å². The molecule has 3 aliphatic rings. The van der Waals surface area contributed by atoms with Crippen molar-refractivity contribution < 1.29 is 9.90 Å². The molecule has 4 atom stereocenters. The predicted octanol–water partition coefficient (Wildman–Crippen LogP) is 2.46. The largest absolute Gasteiger partial charge is 0.381 e. The van der Waals surface area contributed by atoms with Gasteiger partial charge in [0.2, 0.25) is 0 Å². The Morgan fingerprint density at radius 2 is 2.12 bits per heavy atom. The fourth-order valence-corrected chi connectivity index (χ4v) is 4.61. The van der Waals surface area contributed by atoms with Crippen molar-refractivity contribution in [2.45, 2.75) is 52.1 Å². The third-order valence-corrected chi connectivity index (χ3v) is 5.58. The first-order chi connectivity index (χ1) is 7.40. The number of allylic oxidation sites excluding steroid dienone is 2. The van der Waals surface area contributed by atoms with Crippen LogP contribution in [0.5, 0.6) is 0 Å². The Labute approximate surface area is 96.7 Å². The Morgan fingerprint density at radius 3 is 2.75 bits per heavy atom. The monoisotopic (exact) mass is 220 g/mol. The van der Waals surface area contributed by atoms with Gasteiger partial charge < -0.3 is 5.11 Å². The number of Topliss-reactive ketones (excluding diaryl/α,β-unsaturated/α-hetero) is 1. The minimum absolute atomic E-state index is 0.102. The van der Waals surface area contributed by atoms with Crippen LogP contribution in [0.3, 0.4) is 0 Å². The summed E-state index contributed by atoms with van der Waals surface area (Å²) in [4.78, 5) is 12.1. The summed E-state index contributed by atoms with van der Waals surface area (Å²) in [5, 5.41) is 10.7. The van der Waals surface area contributed by atoms with Crippen LogP contribution in [-0.2, 0) is 4.79 Å². The molecule has 4 bridgehead atoms. The molecule has 3 saturated carbocycles. The molecule has 0 saturated heterocycles. The smallest absolute Gasteiger partial charge is 0.165 e. The molecule has 0 aliphatic heterocycles. The number of carbonyl (C=O) groups excluding carboxylic acids is 1. The third-order valence-electron chi connectivity index (χ3n) is 5.58. The van der Waals surface area contributed by atoms with E-state index in [2.05, 4.69) is 20.8 Å². The van der Waals surface area contributed by atoms with E-state index in [1.165, 1.54) is 11.1 Å². The quantitative estimate of drug-likeness (QED) is 0.637. The van der Waals surface area contributed by atoms with Crippen molar-refractivity contribution in [3.05, 3.63) is 11.1 Å². The summed E-state index contributed by atoms with van der Waals surface area (Å²) in [6.07, 6.45) is 3.24. The Bertz CT molecular complexity index is 405. The van der Waals surface area contributed by atoms with Crippen LogP contribution in [-0.4, -0.2) is 16.5 Å². The van der Waals surface area contributed by atoms with E-state index in [1.807, 2.05) is 0 Å². The van der Waals surface area contributed by atoms with E-state index in [4.69, 9.17) is 0 Å². The maximum atomic E-state index is 12.1. The minimum Gasteiger partial charge on any atom is -0.381 e. The summed E-state index contributed by atoms with van der Waals surface area (Å²) in [6, 6.07) is 0. The maximum absolute atomic E-state index is 12.1. The molecule has 0 heterocycles. The summed E-state index contributed by atoms with van der Waals surface area (Å²) in [5.41, 5.74) is 1.64. The molecule has 0 amide bonds. The molecule has 3 aliphatic carbocycles. The van der Waals surface area contributed by atoms with Crippen LogP contribution in [0.25, 0.3) is 0 Å². The van der Waals surface area contributed by atoms with E-state index in [0.717, 1.165) is 12.8 Å². The summed E-state index contributed by atoms with van der Waals surface area (Å²) < 4.78 is 0. The number of rotatable bonds is 0. The predicted molar refractivity (Wildman–Crippen MR) is 61.9 cm³/mol. The van der Waals surface area contributed by atoms with Crippen LogP contribution in [0.1, 0.15) is 46.5 Å². The number of ketones is 1. The molecule has 0 spiro atoms. The number of aliphatic hydroxyl groups is 1. The highest BCUT2D eigenvalue weighted by atomic mass is 16.3. The van der Waals surface area contributed by atoms with Gasteiger partial charge in [0.25, 0.3) is 0 Å². The molecule has 16 heavy (non-hydrogen) atoms. The zero-order chi connectivity index (χ0) is 11.7. The fourth-order valence-electron chi connectivity index (χ4n) is 4.61. The van der Waals surface area contributed by atoms with Crippen LogP contribution in [0.15, 0.2) is 11.1 Å². The molecule has 0 aromatic heterocycles. The first-order valence-electron chi connectivity index (χ1n) is 6.32. The molecule has 2 nitrogen and oxygen atoms in total. The average molecular weight is 220 g/mol. The van der Waals surface area contributed by atoms with Crippen molar-refractivity contribution in [3.63, 3.8) is 0 Å². The number of hydrogen-bond donors (Lipinski definition) is 1. The van der Waals surface area contributed by atoms with Gasteiger partial charge in [-0.2, -0.15) is 0 Å². The number of hydrogen-bond acceptors (Lipinski definition) is 2. The van der Waals surface area contributed by atoms with Crippen molar-refractivity contribution >= 4 is 5.78 Å². The second-order valence-electron chi connectivity index (χ2n) is 6.36. The Balaban J connectivity index is 2.17. The molecule has 2 heteroatoms. The van der Waals surface area contributed by atoms with Crippen molar-refractivity contribution in [3.8, 4) is 0 Å². The van der Waals surface area contributed by atoms with Gasteiger partial charge in [-0.15, -0.1) is 0 Å². The Kier molecular flexibility index (Phi) is 1.83. The van der Waals surface area contributed by atoms with E-state index in [-0.39, 0.29) is 11.2 Å². The average Bonchev–Trinajstić information content (AvgIpc) is 2.53. The molecule has 3 rings (SSSR count). The molecule has 0 aromatic carbocycles. The van der Waals surface area contributed by atoms with Crippen molar-refractivity contribution in [1.82, 2.24) is 0 Å². The van der Waals surface area contributed by atoms with Crippen LogP contribution in [0.2, 0.25) is 0 Å². The lowest BCUT2D eigenvalue weighted by molar-refractivity contribution is -0.155. The zero-order valence-corrected chi connectivity index (χ0v) is 10.3. The SMILES string of the molecule is CC(C)=C1C[C@]2(C)[C@H]3CC[C@]2(O)C(=O)C[C@@H]13. The lowest BCUT2D eigenvalue weighted by Crippen LogP contribution is -2.52. The van der Waals surface area contributed by atoms with Gasteiger partial charge in [-0.3, -0.25) is 4.79 Å². The van der Waals surface area contributed by atoms with E-state index >= 15 is 0 Å². The first-order valence-corrected chi connectivity index (χ1v) is 6.32. The van der Waals surface area contributed by atoms with Gasteiger partial charge in [0.15, 0.2) is 5.78 Å². The van der Waals surface area contributed by atoms with Crippen molar-refractivity contribution in [1.29, 1.82) is 0 Å². The van der Waals surface area contributed by atoms with Gasteiger partial charge in [0, 0.05) is 11.8 Å². The minimum atomic E-state index is -1.01. The molecule has 0 aromatic rings. The highest BCUT2D eigenvalue weighted by molar-refractivity contribution is 5.91. The lowest BCUT2D eigenvalue weighted by Gasteiger charge is -2.42. The van der Waals surface area contributed by atoms with Gasteiger partial charge in [-0.05, 0) is 44.9 Å². The Hall–Kier alpha value is -0.630. The summed E-state index contributed by atoms with van der Waals surface area (Å²) in [6.45, 7) is 6.41. The normalized spacial score (nSPS) is 50.0. The van der Waals surface area contributed by atoms with Crippen LogP contribution in [0.4, 0.5) is 0 Å². The molecule has 0 unspecified atom stereocenters. The molecule has 3 fully saturated rings. The molecule has 1 N–H and O–H groups in total. The summed E-state index contributed by atoms with van der Waals surface area (Å²) in [5.74, 6) is 1.08. The summed E-state index contributed by atoms with van der Waals surface area (Å²) in [7, 11) is 0. The van der Waals surface area contributed by atoms with Crippen molar-refractivity contribution in [2.75, 3.05) is 0 Å². The van der Waals surface area contributed by atoms with Gasteiger partial charge in [-0.25, -0.2) is 0 Å². The van der Waals surface area contributed by atoms with E-state index in [9.17, 15) is 9.90 Å². The van der Waals surface area contributed by atoms with Gasteiger partial charge in [0.1, 0.15) is 5.60 Å². The second-order valence-corrected chi connectivity index (χ2v) is 6.36. The van der Waals surface area contributed by atoms with Crippen LogP contribution >= 0.6 is 0 Å². The van der Waals surface area contributed by atoms with Crippen molar-refractivity contribution in [2.24, 2.45) is 17.3 Å². The molecular formula is C14H20O2. The van der Waals surface area contributed by atoms with Crippen LogP contribution in [0, 0.1) is 17.3 Å². The molecule has 0 radical (unpaired) electrons. The fraction of sp³-hybridized carbons (Fsp3) is 0.786. The van der Waals surface area contributed by atoms with Gasteiger partial charge in [0.05, 0.1) is 0 Å². The maximum Gasteiger partial charge on any atom is 0.165 e. The summed E-state index contributed by atoms with van der Waals surface area (Å²) >= 11 is 0. The zero-order valence-electron chi connectivity index (χ0n) is 10.3. The molecule has 88 valence electrons. The van der Waals surface area contributed by atoms with Gasteiger partial charge in [-0.1, -0.05) is 18.1 Å². The highest BCUT2D eigenvalue weighted by Gasteiger charge is 2.69. The van der Waals surface area contributed by atoms with E-state index in [0.29, 0.717) is 24.7 Å². The second kappa shape index (κ2) is 2.79. The van der Waals surface area contributed by atoms with Crippen LogP contribution < -0.4 is 0 Å². The van der Waals surface area contributed by atoms with Gasteiger partial charge >= 0.3 is 0 Å². The third kappa shape index (κ3) is 0.912. The number of carbonyl (C=O) groups is 1. The molecular weight excluding hydrogens is 200 g/mol. The first kappa shape index (κ1) is 10.5. The Morgan fingerprint density at radius 1 is 1.44 bits per heavy atom. The standard InChI is InChI=1S/C14H20O2/c1-8(2)10-7-13(3)11-4-5-14(13,16)12(15)6-9(10)11/h9,11,16H,4-7H2,1-3H3/t9-,11-,13+,14-/m0/s1. The topological polar surface area (TPSA) is 37.3 Å². The lowest BCUT2D eigenvalue weighted by atomic mass is 9.64. The highest BCUT2D eigenvalue weighted by Crippen LogP contribution is 2.68. The van der Waals surface area contributed by atoms with E-state index in [1.54, 1.807) is 0 Å².